The van der Waals surface area contributed by atoms with E-state index in [1.807, 2.05) is 24.1 Å². The molecule has 0 bridgehead atoms. The van der Waals surface area contributed by atoms with Gasteiger partial charge in [-0.05, 0) is 44.1 Å². The molecule has 4 nitrogen and oxygen atoms in total. The van der Waals surface area contributed by atoms with Gasteiger partial charge in [-0.25, -0.2) is 0 Å². The van der Waals surface area contributed by atoms with E-state index >= 15 is 0 Å². The maximum absolute atomic E-state index is 13.1. The monoisotopic (exact) mass is 315 g/mol. The fourth-order valence-electron chi connectivity index (χ4n) is 3.80. The predicted octanol–water partition coefficient (Wildman–Crippen LogP) is 3.34. The summed E-state index contributed by atoms with van der Waals surface area (Å²) in [6.07, 6.45) is 10.8. The van der Waals surface area contributed by atoms with Crippen LogP contribution in [0.2, 0.25) is 0 Å². The van der Waals surface area contributed by atoms with Gasteiger partial charge in [-0.15, -0.1) is 11.3 Å². The number of carbonyl (C=O) groups is 1. The van der Waals surface area contributed by atoms with Gasteiger partial charge in [0.2, 0.25) is 0 Å². The molecule has 0 unspecified atom stereocenters. The molecule has 0 N–H and O–H groups in total. The maximum Gasteiger partial charge on any atom is 0.255 e. The van der Waals surface area contributed by atoms with Crippen molar-refractivity contribution >= 4 is 17.2 Å². The van der Waals surface area contributed by atoms with Gasteiger partial charge in [-0.3, -0.25) is 9.48 Å². The lowest BCUT2D eigenvalue weighted by Gasteiger charge is -2.24. The molecule has 1 aliphatic carbocycles. The molecule has 2 aromatic rings. The number of fused-ring (bicyclic) bond motifs is 1. The van der Waals surface area contributed by atoms with Crippen LogP contribution in [0, 0.1) is 0 Å². The summed E-state index contributed by atoms with van der Waals surface area (Å²) in [5.41, 5.74) is 3.46. The number of hydrogen-bond acceptors (Lipinski definition) is 3. The zero-order valence-electron chi connectivity index (χ0n) is 12.9. The van der Waals surface area contributed by atoms with Crippen LogP contribution in [0.25, 0.3) is 0 Å². The summed E-state index contributed by atoms with van der Waals surface area (Å²) in [5, 5.41) is 6.36. The van der Waals surface area contributed by atoms with E-state index in [1.54, 1.807) is 11.3 Å². The molecule has 0 aromatic carbocycles. The van der Waals surface area contributed by atoms with Crippen molar-refractivity contribution in [2.75, 3.05) is 6.54 Å². The third-order valence-electron chi connectivity index (χ3n) is 4.92. The average molecular weight is 315 g/mol. The summed E-state index contributed by atoms with van der Waals surface area (Å²) < 4.78 is 1.82. The smallest absolute Gasteiger partial charge is 0.255 e. The van der Waals surface area contributed by atoms with Gasteiger partial charge in [0.05, 0.1) is 17.8 Å². The summed E-state index contributed by atoms with van der Waals surface area (Å²) in [4.78, 5) is 16.6. The van der Waals surface area contributed by atoms with E-state index in [2.05, 4.69) is 15.4 Å². The molecule has 1 saturated heterocycles. The van der Waals surface area contributed by atoms with E-state index in [4.69, 9.17) is 0 Å². The molecule has 3 heterocycles. The van der Waals surface area contributed by atoms with E-state index in [1.165, 1.54) is 23.3 Å². The highest BCUT2D eigenvalue weighted by Crippen LogP contribution is 2.36. The minimum atomic E-state index is 0.195. The molecule has 1 fully saturated rings. The molecule has 22 heavy (non-hydrogen) atoms. The van der Waals surface area contributed by atoms with E-state index < -0.39 is 0 Å². The summed E-state index contributed by atoms with van der Waals surface area (Å²) in [5.74, 6) is 0.228. The normalized spacial score (nSPS) is 21.1. The Kier molecular flexibility index (Phi) is 3.53. The fraction of sp³-hybridized carbons (Fsp3) is 0.529. The van der Waals surface area contributed by atoms with Crippen molar-refractivity contribution < 1.29 is 4.79 Å². The van der Waals surface area contributed by atoms with Crippen molar-refractivity contribution in [1.29, 1.82) is 0 Å². The first kappa shape index (κ1) is 14.0. The minimum Gasteiger partial charge on any atom is -0.331 e. The number of aryl methyl sites for hydroxylation is 2. The van der Waals surface area contributed by atoms with Crippen molar-refractivity contribution in [1.82, 2.24) is 14.7 Å². The Hall–Kier alpha value is -1.62. The number of likely N-dealkylation sites (tertiary alicyclic amines) is 1. The van der Waals surface area contributed by atoms with Crippen LogP contribution in [0.5, 0.6) is 0 Å². The van der Waals surface area contributed by atoms with Gasteiger partial charge in [-0.2, -0.15) is 5.10 Å². The number of rotatable bonds is 2. The zero-order valence-corrected chi connectivity index (χ0v) is 13.7. The Morgan fingerprint density at radius 1 is 1.32 bits per heavy atom. The van der Waals surface area contributed by atoms with Gasteiger partial charge >= 0.3 is 0 Å². The second-order valence-electron chi connectivity index (χ2n) is 6.36. The van der Waals surface area contributed by atoms with Crippen LogP contribution in [0.15, 0.2) is 17.8 Å². The topological polar surface area (TPSA) is 38.1 Å². The lowest BCUT2D eigenvalue weighted by atomic mass is 9.95. The number of amides is 1. The van der Waals surface area contributed by atoms with Gasteiger partial charge in [0.25, 0.3) is 5.91 Å². The van der Waals surface area contributed by atoms with Gasteiger partial charge in [-0.1, -0.05) is 0 Å². The van der Waals surface area contributed by atoms with E-state index in [0.29, 0.717) is 0 Å². The van der Waals surface area contributed by atoms with E-state index in [-0.39, 0.29) is 11.9 Å². The predicted molar refractivity (Wildman–Crippen MR) is 87.2 cm³/mol. The SMILES string of the molecule is Cn1cc([C@H]2CCCN2C(=O)c2csc3c2CCCC3)cn1. The summed E-state index contributed by atoms with van der Waals surface area (Å²) in [6, 6.07) is 0.195. The molecular weight excluding hydrogens is 294 g/mol. The van der Waals surface area contributed by atoms with Gasteiger partial charge in [0.1, 0.15) is 0 Å². The highest BCUT2D eigenvalue weighted by Gasteiger charge is 2.33. The lowest BCUT2D eigenvalue weighted by molar-refractivity contribution is 0.0735. The summed E-state index contributed by atoms with van der Waals surface area (Å²) in [6.45, 7) is 0.864. The largest absolute Gasteiger partial charge is 0.331 e. The maximum atomic E-state index is 13.1. The molecule has 1 amide bonds. The second-order valence-corrected chi connectivity index (χ2v) is 7.33. The van der Waals surface area contributed by atoms with Crippen LogP contribution in [0.1, 0.15) is 58.1 Å². The fourth-order valence-corrected chi connectivity index (χ4v) is 4.92. The molecule has 1 aliphatic heterocycles. The Balaban J connectivity index is 1.63. The number of aromatic nitrogens is 2. The minimum absolute atomic E-state index is 0.195. The molecule has 0 radical (unpaired) electrons. The van der Waals surface area contributed by atoms with Crippen LogP contribution < -0.4 is 0 Å². The third kappa shape index (κ3) is 2.28. The molecular formula is C17H21N3OS. The molecule has 5 heteroatoms. The van der Waals surface area contributed by atoms with Gasteiger partial charge < -0.3 is 4.90 Å². The molecule has 0 saturated carbocycles. The summed E-state index contributed by atoms with van der Waals surface area (Å²) >= 11 is 1.78. The third-order valence-corrected chi connectivity index (χ3v) is 6.00. The molecule has 1 atom stereocenters. The van der Waals surface area contributed by atoms with Crippen molar-refractivity contribution in [3.8, 4) is 0 Å². The lowest BCUT2D eigenvalue weighted by Crippen LogP contribution is -2.31. The number of carbonyl (C=O) groups excluding carboxylic acids is 1. The Morgan fingerprint density at radius 2 is 2.18 bits per heavy atom. The van der Waals surface area contributed by atoms with Crippen molar-refractivity contribution in [2.45, 2.75) is 44.6 Å². The van der Waals surface area contributed by atoms with Crippen molar-refractivity contribution in [2.24, 2.45) is 7.05 Å². The first-order chi connectivity index (χ1) is 10.7. The average Bonchev–Trinajstić information content (AvgIpc) is 3.25. The number of thiophene rings is 1. The van der Waals surface area contributed by atoms with E-state index in [9.17, 15) is 4.79 Å². The molecule has 2 aromatic heterocycles. The molecule has 0 spiro atoms. The Morgan fingerprint density at radius 3 is 3.00 bits per heavy atom. The molecule has 116 valence electrons. The Bertz CT molecular complexity index is 703. The number of hydrogen-bond donors (Lipinski definition) is 0. The van der Waals surface area contributed by atoms with Crippen molar-refractivity contribution in [3.05, 3.63) is 39.3 Å². The first-order valence-corrected chi connectivity index (χ1v) is 9.01. The quantitative estimate of drug-likeness (QED) is 0.852. The Labute approximate surface area is 134 Å². The second kappa shape index (κ2) is 5.54. The molecule has 2 aliphatic rings. The van der Waals surface area contributed by atoms with Crippen LogP contribution >= 0.6 is 11.3 Å². The van der Waals surface area contributed by atoms with Crippen LogP contribution in [-0.4, -0.2) is 27.1 Å². The highest BCUT2D eigenvalue weighted by atomic mass is 32.1. The van der Waals surface area contributed by atoms with Crippen LogP contribution in [0.3, 0.4) is 0 Å². The van der Waals surface area contributed by atoms with Crippen molar-refractivity contribution in [3.63, 3.8) is 0 Å². The zero-order chi connectivity index (χ0) is 15.1. The molecule has 4 rings (SSSR count). The van der Waals surface area contributed by atoms with Crippen LogP contribution in [0.4, 0.5) is 0 Å². The van der Waals surface area contributed by atoms with Gasteiger partial charge in [0.15, 0.2) is 0 Å². The standard InChI is InChI=1S/C17H21N3OS/c1-19-10-12(9-18-19)15-6-4-8-20(15)17(21)14-11-22-16-7-3-2-5-13(14)16/h9-11,15H,2-8H2,1H3/t15-/m1/s1. The van der Waals surface area contributed by atoms with Crippen LogP contribution in [-0.2, 0) is 19.9 Å². The highest BCUT2D eigenvalue weighted by molar-refractivity contribution is 7.10. The van der Waals surface area contributed by atoms with Gasteiger partial charge in [0, 0.05) is 35.6 Å². The number of nitrogens with zero attached hydrogens (tertiary/aromatic N) is 3. The van der Waals surface area contributed by atoms with E-state index in [0.717, 1.165) is 43.4 Å². The summed E-state index contributed by atoms with van der Waals surface area (Å²) in [7, 11) is 1.93. The first-order valence-electron chi connectivity index (χ1n) is 8.13.